The predicted octanol–water partition coefficient (Wildman–Crippen LogP) is -0.290. The van der Waals surface area contributed by atoms with E-state index in [-0.39, 0.29) is 6.04 Å². The van der Waals surface area contributed by atoms with E-state index in [0.717, 1.165) is 5.56 Å². The Hall–Kier alpha value is -1.10. The highest BCUT2D eigenvalue weighted by molar-refractivity contribution is 5.39. The summed E-state index contributed by atoms with van der Waals surface area (Å²) in [5, 5.41) is 20.8. The van der Waals surface area contributed by atoms with E-state index < -0.39 is 6.29 Å². The second kappa shape index (κ2) is 4.95. The number of benzene rings is 1. The van der Waals surface area contributed by atoms with Crippen LogP contribution in [0, 0.1) is 0 Å². The molecule has 0 aromatic heterocycles. The molecule has 5 N–H and O–H groups in total. The zero-order valence-corrected chi connectivity index (χ0v) is 8.14. The second-order valence-corrected chi connectivity index (χ2v) is 3.25. The monoisotopic (exact) mass is 196 g/mol. The van der Waals surface area contributed by atoms with Crippen molar-refractivity contribution in [2.45, 2.75) is 18.8 Å². The Balaban J connectivity index is 2.63. The van der Waals surface area contributed by atoms with Gasteiger partial charge < -0.3 is 21.3 Å². The van der Waals surface area contributed by atoms with Crippen molar-refractivity contribution >= 4 is 5.69 Å². The molecule has 1 aromatic rings. The SMILES string of the molecule is CNC(Cc1ccc(N)cc1)C(O)O. The molecule has 0 aliphatic carbocycles. The number of anilines is 1. The summed E-state index contributed by atoms with van der Waals surface area (Å²) in [6, 6.07) is 7.00. The summed E-state index contributed by atoms with van der Waals surface area (Å²) in [4.78, 5) is 0. The first-order valence-electron chi connectivity index (χ1n) is 4.51. The second-order valence-electron chi connectivity index (χ2n) is 3.25. The average molecular weight is 196 g/mol. The molecule has 0 saturated heterocycles. The molecule has 1 atom stereocenters. The van der Waals surface area contributed by atoms with E-state index in [9.17, 15) is 0 Å². The number of rotatable bonds is 4. The summed E-state index contributed by atoms with van der Waals surface area (Å²) < 4.78 is 0. The summed E-state index contributed by atoms with van der Waals surface area (Å²) in [5.74, 6) is 0. The summed E-state index contributed by atoms with van der Waals surface area (Å²) in [6.07, 6.45) is -0.786. The van der Waals surface area contributed by atoms with Gasteiger partial charge in [-0.1, -0.05) is 12.1 Å². The third-order valence-electron chi connectivity index (χ3n) is 2.17. The highest BCUT2D eigenvalue weighted by Crippen LogP contribution is 2.08. The van der Waals surface area contributed by atoms with Crippen LogP contribution < -0.4 is 11.1 Å². The summed E-state index contributed by atoms with van der Waals surface area (Å²) in [6.45, 7) is 0. The summed E-state index contributed by atoms with van der Waals surface area (Å²) >= 11 is 0. The highest BCUT2D eigenvalue weighted by Gasteiger charge is 2.14. The largest absolute Gasteiger partial charge is 0.399 e. The van der Waals surface area contributed by atoms with Gasteiger partial charge in [-0.2, -0.15) is 0 Å². The van der Waals surface area contributed by atoms with Crippen LogP contribution in [-0.4, -0.2) is 29.6 Å². The maximum atomic E-state index is 9.00. The Kier molecular flexibility index (Phi) is 3.88. The normalized spacial score (nSPS) is 13.1. The van der Waals surface area contributed by atoms with Gasteiger partial charge in [0.05, 0.1) is 6.04 Å². The molecule has 1 unspecified atom stereocenters. The lowest BCUT2D eigenvalue weighted by Gasteiger charge is -2.17. The van der Waals surface area contributed by atoms with Gasteiger partial charge in [-0.15, -0.1) is 0 Å². The third kappa shape index (κ3) is 2.99. The number of hydrogen-bond donors (Lipinski definition) is 4. The first-order valence-corrected chi connectivity index (χ1v) is 4.51. The third-order valence-corrected chi connectivity index (χ3v) is 2.17. The topological polar surface area (TPSA) is 78.5 Å². The molecule has 1 aromatic carbocycles. The predicted molar refractivity (Wildman–Crippen MR) is 55.6 cm³/mol. The molecule has 0 heterocycles. The molecule has 0 saturated carbocycles. The standard InChI is InChI=1S/C10H16N2O2/c1-12-9(10(13)14)6-7-2-4-8(11)5-3-7/h2-5,9-10,12-14H,6,11H2,1H3. The number of hydrogen-bond acceptors (Lipinski definition) is 4. The molecule has 0 aliphatic heterocycles. The van der Waals surface area contributed by atoms with Crippen LogP contribution in [0.4, 0.5) is 5.69 Å². The van der Waals surface area contributed by atoms with E-state index in [1.54, 1.807) is 19.2 Å². The number of aliphatic hydroxyl groups is 2. The Morgan fingerprint density at radius 1 is 1.29 bits per heavy atom. The van der Waals surface area contributed by atoms with Crippen LogP contribution in [-0.2, 0) is 6.42 Å². The van der Waals surface area contributed by atoms with Gasteiger partial charge >= 0.3 is 0 Å². The quantitative estimate of drug-likeness (QED) is 0.394. The zero-order valence-electron chi connectivity index (χ0n) is 8.14. The Morgan fingerprint density at radius 3 is 2.29 bits per heavy atom. The lowest BCUT2D eigenvalue weighted by atomic mass is 10.1. The smallest absolute Gasteiger partial charge is 0.167 e. The highest BCUT2D eigenvalue weighted by atomic mass is 16.5. The molecule has 1 rings (SSSR count). The zero-order chi connectivity index (χ0) is 10.6. The number of nitrogens with two attached hydrogens (primary N) is 1. The molecule has 78 valence electrons. The van der Waals surface area contributed by atoms with Gasteiger partial charge in [0.15, 0.2) is 6.29 Å². The summed E-state index contributed by atoms with van der Waals surface area (Å²) in [7, 11) is 1.70. The number of nitrogens with one attached hydrogen (secondary N) is 1. The van der Waals surface area contributed by atoms with E-state index in [0.29, 0.717) is 12.1 Å². The maximum absolute atomic E-state index is 9.00. The minimum atomic E-state index is -1.35. The number of nitrogen functional groups attached to an aromatic ring is 1. The molecule has 0 bridgehead atoms. The van der Waals surface area contributed by atoms with Crippen molar-refractivity contribution in [1.29, 1.82) is 0 Å². The fourth-order valence-corrected chi connectivity index (χ4v) is 1.26. The van der Waals surface area contributed by atoms with E-state index in [1.807, 2.05) is 12.1 Å². The van der Waals surface area contributed by atoms with Crippen molar-refractivity contribution in [3.63, 3.8) is 0 Å². The number of aliphatic hydroxyl groups excluding tert-OH is 1. The van der Waals surface area contributed by atoms with Crippen LogP contribution >= 0.6 is 0 Å². The fraction of sp³-hybridized carbons (Fsp3) is 0.400. The van der Waals surface area contributed by atoms with Crippen LogP contribution in [0.5, 0.6) is 0 Å². The Bertz CT molecular complexity index is 272. The lowest BCUT2D eigenvalue weighted by Crippen LogP contribution is -2.39. The van der Waals surface area contributed by atoms with Crippen molar-refractivity contribution in [2.24, 2.45) is 0 Å². The average Bonchev–Trinajstić information content (AvgIpc) is 2.16. The van der Waals surface area contributed by atoms with Crippen LogP contribution in [0.15, 0.2) is 24.3 Å². The van der Waals surface area contributed by atoms with E-state index in [4.69, 9.17) is 15.9 Å². The molecule has 4 nitrogen and oxygen atoms in total. The molecule has 14 heavy (non-hydrogen) atoms. The van der Waals surface area contributed by atoms with Crippen LogP contribution in [0.1, 0.15) is 5.56 Å². The van der Waals surface area contributed by atoms with Crippen molar-refractivity contribution < 1.29 is 10.2 Å². The van der Waals surface area contributed by atoms with Gasteiger partial charge in [-0.3, -0.25) is 0 Å². The van der Waals surface area contributed by atoms with Crippen LogP contribution in [0.3, 0.4) is 0 Å². The van der Waals surface area contributed by atoms with Gasteiger partial charge in [-0.25, -0.2) is 0 Å². The van der Waals surface area contributed by atoms with E-state index in [2.05, 4.69) is 5.32 Å². The Labute approximate surface area is 83.4 Å². The lowest BCUT2D eigenvalue weighted by molar-refractivity contribution is -0.0650. The fourth-order valence-electron chi connectivity index (χ4n) is 1.26. The maximum Gasteiger partial charge on any atom is 0.167 e. The molecular formula is C10H16N2O2. The van der Waals surface area contributed by atoms with Gasteiger partial charge in [-0.05, 0) is 31.2 Å². The van der Waals surface area contributed by atoms with Crippen molar-refractivity contribution in [3.05, 3.63) is 29.8 Å². The minimum absolute atomic E-state index is 0.348. The van der Waals surface area contributed by atoms with Gasteiger partial charge in [0.1, 0.15) is 0 Å². The number of likely N-dealkylation sites (N-methyl/N-ethyl adjacent to an activating group) is 1. The molecular weight excluding hydrogens is 180 g/mol. The molecule has 0 aliphatic rings. The minimum Gasteiger partial charge on any atom is -0.399 e. The van der Waals surface area contributed by atoms with Crippen LogP contribution in [0.2, 0.25) is 0 Å². The molecule has 0 amide bonds. The van der Waals surface area contributed by atoms with Gasteiger partial charge in [0, 0.05) is 5.69 Å². The van der Waals surface area contributed by atoms with Gasteiger partial charge in [0.2, 0.25) is 0 Å². The van der Waals surface area contributed by atoms with Crippen molar-refractivity contribution in [1.82, 2.24) is 5.32 Å². The van der Waals surface area contributed by atoms with Crippen LogP contribution in [0.25, 0.3) is 0 Å². The molecule has 0 fully saturated rings. The van der Waals surface area contributed by atoms with E-state index >= 15 is 0 Å². The van der Waals surface area contributed by atoms with E-state index in [1.165, 1.54) is 0 Å². The molecule has 4 heteroatoms. The first-order chi connectivity index (χ1) is 6.63. The first kappa shape index (κ1) is 11.0. The van der Waals surface area contributed by atoms with Crippen molar-refractivity contribution in [2.75, 3.05) is 12.8 Å². The summed E-state index contributed by atoms with van der Waals surface area (Å²) in [5.41, 5.74) is 7.26. The molecule has 0 spiro atoms. The van der Waals surface area contributed by atoms with Crippen molar-refractivity contribution in [3.8, 4) is 0 Å². The molecule has 0 radical (unpaired) electrons. The Morgan fingerprint density at radius 2 is 1.86 bits per heavy atom. The van der Waals surface area contributed by atoms with Gasteiger partial charge in [0.25, 0.3) is 0 Å².